The number of hydrogen-bond acceptors (Lipinski definition) is 1. The Bertz CT molecular complexity index is 241. The van der Waals surface area contributed by atoms with Gasteiger partial charge in [0.1, 0.15) is 0 Å². The third-order valence-electron chi connectivity index (χ3n) is 2.44. The molecule has 0 radical (unpaired) electrons. The largest absolute Gasteiger partial charge is 0.388 e. The molecular weight excluding hydrogens is 172 g/mol. The second-order valence-electron chi connectivity index (χ2n) is 4.25. The van der Waals surface area contributed by atoms with Gasteiger partial charge < -0.3 is 5.11 Å². The van der Waals surface area contributed by atoms with Gasteiger partial charge in [-0.1, -0.05) is 57.0 Å². The van der Waals surface area contributed by atoms with Crippen LogP contribution in [0, 0.1) is 5.92 Å². The smallest absolute Gasteiger partial charge is 0.0790 e. The lowest BCUT2D eigenvalue weighted by molar-refractivity contribution is 0.162. The summed E-state index contributed by atoms with van der Waals surface area (Å²) in [7, 11) is 0. The predicted molar refractivity (Wildman–Crippen MR) is 60.1 cm³/mol. The predicted octanol–water partition coefficient (Wildman–Crippen LogP) is 3.55. The first kappa shape index (κ1) is 11.3. The average molecular weight is 192 g/mol. The van der Waals surface area contributed by atoms with Crippen LogP contribution in [-0.4, -0.2) is 5.11 Å². The molecule has 0 aliphatic heterocycles. The normalized spacial score (nSPS) is 13.1. The van der Waals surface area contributed by atoms with Gasteiger partial charge in [-0.15, -0.1) is 0 Å². The first-order chi connectivity index (χ1) is 6.70. The second-order valence-corrected chi connectivity index (χ2v) is 4.25. The minimum Gasteiger partial charge on any atom is -0.388 e. The summed E-state index contributed by atoms with van der Waals surface area (Å²) in [5, 5.41) is 9.83. The van der Waals surface area contributed by atoms with Crippen LogP contribution in [0.5, 0.6) is 0 Å². The summed E-state index contributed by atoms with van der Waals surface area (Å²) < 4.78 is 0. The van der Waals surface area contributed by atoms with Crippen LogP contribution in [0.2, 0.25) is 0 Å². The van der Waals surface area contributed by atoms with Crippen LogP contribution in [-0.2, 0) is 0 Å². The van der Waals surface area contributed by atoms with Crippen LogP contribution >= 0.6 is 0 Å². The zero-order valence-electron chi connectivity index (χ0n) is 9.11. The highest BCUT2D eigenvalue weighted by Crippen LogP contribution is 2.19. The summed E-state index contributed by atoms with van der Waals surface area (Å²) in [5.41, 5.74) is 1.04. The highest BCUT2D eigenvalue weighted by atomic mass is 16.3. The van der Waals surface area contributed by atoms with E-state index in [4.69, 9.17) is 0 Å². The molecule has 1 rings (SSSR count). The third-order valence-corrected chi connectivity index (χ3v) is 2.44. The van der Waals surface area contributed by atoms with Crippen molar-refractivity contribution < 1.29 is 5.11 Å². The molecule has 0 unspecified atom stereocenters. The van der Waals surface area contributed by atoms with E-state index in [1.807, 2.05) is 30.3 Å². The topological polar surface area (TPSA) is 20.2 Å². The van der Waals surface area contributed by atoms with Gasteiger partial charge in [0.2, 0.25) is 0 Å². The molecule has 0 aliphatic carbocycles. The maximum Gasteiger partial charge on any atom is 0.0790 e. The van der Waals surface area contributed by atoms with Gasteiger partial charge in [-0.25, -0.2) is 0 Å². The minimum atomic E-state index is -0.282. The number of aliphatic hydroxyl groups is 1. The van der Waals surface area contributed by atoms with E-state index in [0.717, 1.165) is 24.3 Å². The molecule has 0 aliphatic rings. The second kappa shape index (κ2) is 5.82. The number of benzene rings is 1. The molecule has 1 aromatic rings. The Balaban J connectivity index is 2.32. The fourth-order valence-electron chi connectivity index (χ4n) is 1.56. The maximum atomic E-state index is 9.83. The molecule has 0 bridgehead atoms. The van der Waals surface area contributed by atoms with E-state index in [-0.39, 0.29) is 6.10 Å². The Hall–Kier alpha value is -0.820. The lowest BCUT2D eigenvalue weighted by atomic mass is 10.0. The van der Waals surface area contributed by atoms with Crippen molar-refractivity contribution in [1.82, 2.24) is 0 Å². The maximum absolute atomic E-state index is 9.83. The molecule has 1 heteroatoms. The molecular formula is C13H20O. The van der Waals surface area contributed by atoms with Crippen molar-refractivity contribution in [1.29, 1.82) is 0 Å². The third kappa shape index (κ3) is 3.93. The molecule has 0 aromatic heterocycles. The van der Waals surface area contributed by atoms with Crippen molar-refractivity contribution in [3.8, 4) is 0 Å². The molecule has 0 saturated carbocycles. The molecule has 1 N–H and O–H groups in total. The van der Waals surface area contributed by atoms with E-state index in [1.54, 1.807) is 0 Å². The number of aliphatic hydroxyl groups excluding tert-OH is 1. The molecule has 0 spiro atoms. The van der Waals surface area contributed by atoms with Crippen molar-refractivity contribution in [2.24, 2.45) is 5.92 Å². The number of rotatable bonds is 5. The number of hydrogen-bond donors (Lipinski definition) is 1. The summed E-state index contributed by atoms with van der Waals surface area (Å²) in [6.07, 6.45) is 2.90. The van der Waals surface area contributed by atoms with Gasteiger partial charge >= 0.3 is 0 Å². The lowest BCUT2D eigenvalue weighted by Crippen LogP contribution is -1.98. The summed E-state index contributed by atoms with van der Waals surface area (Å²) in [6.45, 7) is 4.43. The van der Waals surface area contributed by atoms with E-state index in [9.17, 15) is 5.11 Å². The first-order valence-electron chi connectivity index (χ1n) is 5.43. The van der Waals surface area contributed by atoms with Crippen molar-refractivity contribution in [3.63, 3.8) is 0 Å². The Morgan fingerprint density at radius 1 is 1.07 bits per heavy atom. The van der Waals surface area contributed by atoms with Crippen LogP contribution in [0.1, 0.15) is 44.8 Å². The molecule has 14 heavy (non-hydrogen) atoms. The lowest BCUT2D eigenvalue weighted by Gasteiger charge is -2.11. The highest BCUT2D eigenvalue weighted by molar-refractivity contribution is 5.16. The van der Waals surface area contributed by atoms with Crippen LogP contribution in [0.3, 0.4) is 0 Å². The zero-order chi connectivity index (χ0) is 10.4. The highest BCUT2D eigenvalue weighted by Gasteiger charge is 2.06. The standard InChI is InChI=1S/C13H20O/c1-11(2)7-6-10-13(14)12-8-4-3-5-9-12/h3-5,8-9,11,13-14H,6-7,10H2,1-2H3/t13-/m0/s1. The van der Waals surface area contributed by atoms with E-state index < -0.39 is 0 Å². The van der Waals surface area contributed by atoms with Gasteiger partial charge in [-0.3, -0.25) is 0 Å². The summed E-state index contributed by atoms with van der Waals surface area (Å²) >= 11 is 0. The Morgan fingerprint density at radius 2 is 1.71 bits per heavy atom. The molecule has 1 aromatic carbocycles. The molecule has 1 nitrogen and oxygen atoms in total. The van der Waals surface area contributed by atoms with Crippen molar-refractivity contribution in [2.75, 3.05) is 0 Å². The van der Waals surface area contributed by atoms with Crippen LogP contribution in [0.15, 0.2) is 30.3 Å². The van der Waals surface area contributed by atoms with Crippen molar-refractivity contribution in [3.05, 3.63) is 35.9 Å². The van der Waals surface area contributed by atoms with Gasteiger partial charge in [0.25, 0.3) is 0 Å². The summed E-state index contributed by atoms with van der Waals surface area (Å²) in [5.74, 6) is 0.734. The molecule has 0 heterocycles. The van der Waals surface area contributed by atoms with Gasteiger partial charge in [-0.2, -0.15) is 0 Å². The van der Waals surface area contributed by atoms with Gasteiger partial charge in [0, 0.05) is 0 Å². The zero-order valence-corrected chi connectivity index (χ0v) is 9.11. The van der Waals surface area contributed by atoms with Gasteiger partial charge in [-0.05, 0) is 17.9 Å². The first-order valence-corrected chi connectivity index (χ1v) is 5.43. The monoisotopic (exact) mass is 192 g/mol. The van der Waals surface area contributed by atoms with Gasteiger partial charge in [0.05, 0.1) is 6.10 Å². The van der Waals surface area contributed by atoms with E-state index in [1.165, 1.54) is 6.42 Å². The minimum absolute atomic E-state index is 0.282. The molecule has 78 valence electrons. The SMILES string of the molecule is CC(C)CCC[C@H](O)c1ccccc1. The summed E-state index contributed by atoms with van der Waals surface area (Å²) in [6, 6.07) is 9.90. The van der Waals surface area contributed by atoms with Crippen molar-refractivity contribution >= 4 is 0 Å². The van der Waals surface area contributed by atoms with Crippen LogP contribution < -0.4 is 0 Å². The quantitative estimate of drug-likeness (QED) is 0.756. The fourth-order valence-corrected chi connectivity index (χ4v) is 1.56. The molecule has 0 fully saturated rings. The fraction of sp³-hybridized carbons (Fsp3) is 0.538. The molecule has 0 amide bonds. The average Bonchev–Trinajstić information content (AvgIpc) is 2.18. The van der Waals surface area contributed by atoms with Crippen LogP contribution in [0.4, 0.5) is 0 Å². The summed E-state index contributed by atoms with van der Waals surface area (Å²) in [4.78, 5) is 0. The van der Waals surface area contributed by atoms with E-state index >= 15 is 0 Å². The van der Waals surface area contributed by atoms with E-state index in [2.05, 4.69) is 13.8 Å². The Morgan fingerprint density at radius 3 is 2.29 bits per heavy atom. The Labute approximate surface area is 86.8 Å². The molecule has 0 saturated heterocycles. The Kier molecular flexibility index (Phi) is 4.68. The van der Waals surface area contributed by atoms with Crippen LogP contribution in [0.25, 0.3) is 0 Å². The van der Waals surface area contributed by atoms with Gasteiger partial charge in [0.15, 0.2) is 0 Å². The molecule has 1 atom stereocenters. The van der Waals surface area contributed by atoms with E-state index in [0.29, 0.717) is 0 Å². The van der Waals surface area contributed by atoms with Crippen molar-refractivity contribution in [2.45, 2.75) is 39.2 Å².